The largest absolute Gasteiger partial charge is 0.480 e. The molecule has 0 saturated carbocycles. The molecule has 9 heteroatoms. The molecule has 0 bridgehead atoms. The van der Waals surface area contributed by atoms with Crippen molar-refractivity contribution < 1.29 is 32.6 Å². The van der Waals surface area contributed by atoms with E-state index in [0.717, 1.165) is 0 Å². The second-order valence-corrected chi connectivity index (χ2v) is 4.80. The Kier molecular flexibility index (Phi) is 5.72. The van der Waals surface area contributed by atoms with E-state index in [9.17, 15) is 22.8 Å². The summed E-state index contributed by atoms with van der Waals surface area (Å²) in [5.74, 6) is -2.76. The summed E-state index contributed by atoms with van der Waals surface area (Å²) < 4.78 is 40.6. The molecule has 0 saturated heterocycles. The number of ether oxygens (including phenoxy) is 1. The van der Waals surface area contributed by atoms with Crippen LogP contribution in [0, 0.1) is 5.92 Å². The fourth-order valence-corrected chi connectivity index (χ4v) is 1.51. The van der Waals surface area contributed by atoms with Crippen molar-refractivity contribution in [3.63, 3.8) is 0 Å². The average molecular weight is 320 g/mol. The predicted octanol–water partition coefficient (Wildman–Crippen LogP) is 1.86. The first-order valence-corrected chi connectivity index (χ1v) is 6.30. The van der Waals surface area contributed by atoms with E-state index in [2.05, 4.69) is 15.0 Å². The van der Waals surface area contributed by atoms with Crippen molar-refractivity contribution in [3.8, 4) is 5.88 Å². The van der Waals surface area contributed by atoms with Crippen LogP contribution < -0.4 is 10.1 Å². The normalized spacial score (nSPS) is 12.8. The second-order valence-electron chi connectivity index (χ2n) is 4.80. The molecule has 0 spiro atoms. The van der Waals surface area contributed by atoms with Gasteiger partial charge in [0.15, 0.2) is 6.61 Å². The molecule has 1 aromatic rings. The molecule has 1 aromatic heterocycles. The summed E-state index contributed by atoms with van der Waals surface area (Å²) in [4.78, 5) is 26.5. The van der Waals surface area contributed by atoms with Gasteiger partial charge in [0.1, 0.15) is 11.7 Å². The van der Waals surface area contributed by atoms with Crippen molar-refractivity contribution in [2.75, 3.05) is 6.61 Å². The minimum atomic E-state index is -4.52. The average Bonchev–Trinajstić information content (AvgIpc) is 2.41. The zero-order valence-electron chi connectivity index (χ0n) is 11.8. The monoisotopic (exact) mass is 320 g/mol. The minimum absolute atomic E-state index is 0.230. The van der Waals surface area contributed by atoms with Crippen LogP contribution in [0.4, 0.5) is 13.2 Å². The summed E-state index contributed by atoms with van der Waals surface area (Å²) in [6.07, 6.45) is -4.52. The summed E-state index contributed by atoms with van der Waals surface area (Å²) in [5, 5.41) is 11.2. The van der Waals surface area contributed by atoms with Gasteiger partial charge in [-0.3, -0.25) is 4.79 Å². The van der Waals surface area contributed by atoms with Gasteiger partial charge in [0.05, 0.1) is 0 Å². The van der Waals surface area contributed by atoms with E-state index in [-0.39, 0.29) is 17.5 Å². The van der Waals surface area contributed by atoms with Crippen LogP contribution in [0.15, 0.2) is 18.2 Å². The zero-order valence-corrected chi connectivity index (χ0v) is 11.8. The molecule has 1 rings (SSSR count). The molecule has 0 fully saturated rings. The van der Waals surface area contributed by atoms with Crippen molar-refractivity contribution >= 4 is 11.9 Å². The number of carboxylic acids is 1. The van der Waals surface area contributed by atoms with Gasteiger partial charge < -0.3 is 15.2 Å². The van der Waals surface area contributed by atoms with Crippen LogP contribution in [-0.2, 0) is 4.79 Å². The molecule has 6 nitrogen and oxygen atoms in total. The van der Waals surface area contributed by atoms with Crippen LogP contribution in [0.25, 0.3) is 0 Å². The first kappa shape index (κ1) is 17.7. The first-order chi connectivity index (χ1) is 10.1. The fraction of sp³-hybridized carbons (Fsp3) is 0.462. The summed E-state index contributed by atoms with van der Waals surface area (Å²) in [6, 6.07) is 2.57. The third-order valence-electron chi connectivity index (χ3n) is 2.56. The van der Waals surface area contributed by atoms with Gasteiger partial charge in [-0.15, -0.1) is 0 Å². The summed E-state index contributed by atoms with van der Waals surface area (Å²) in [5.41, 5.74) is -0.230. The van der Waals surface area contributed by atoms with E-state index in [0.29, 0.717) is 0 Å². The fourth-order valence-electron chi connectivity index (χ4n) is 1.51. The first-order valence-electron chi connectivity index (χ1n) is 6.30. The van der Waals surface area contributed by atoms with E-state index in [4.69, 9.17) is 5.11 Å². The maximum atomic E-state index is 12.1. The zero-order chi connectivity index (χ0) is 16.9. The second kappa shape index (κ2) is 7.10. The molecule has 1 heterocycles. The van der Waals surface area contributed by atoms with Crippen molar-refractivity contribution in [1.82, 2.24) is 10.3 Å². The van der Waals surface area contributed by atoms with Gasteiger partial charge in [-0.1, -0.05) is 19.9 Å². The van der Waals surface area contributed by atoms with Crippen molar-refractivity contribution in [2.45, 2.75) is 26.1 Å². The number of carboxylic acid groups (broad SMARTS) is 1. The van der Waals surface area contributed by atoms with E-state index in [1.807, 2.05) is 0 Å². The van der Waals surface area contributed by atoms with Crippen LogP contribution in [0.5, 0.6) is 5.88 Å². The van der Waals surface area contributed by atoms with Crippen LogP contribution in [-0.4, -0.2) is 40.8 Å². The van der Waals surface area contributed by atoms with Gasteiger partial charge in [-0.2, -0.15) is 13.2 Å². The van der Waals surface area contributed by atoms with Gasteiger partial charge in [-0.25, -0.2) is 9.78 Å². The lowest BCUT2D eigenvalue weighted by Gasteiger charge is -2.17. The van der Waals surface area contributed by atoms with E-state index in [1.54, 1.807) is 13.8 Å². The number of amides is 1. The number of halogens is 3. The van der Waals surface area contributed by atoms with Gasteiger partial charge in [-0.05, 0) is 12.0 Å². The van der Waals surface area contributed by atoms with E-state index < -0.39 is 30.7 Å². The Morgan fingerprint density at radius 1 is 1.36 bits per heavy atom. The highest BCUT2D eigenvalue weighted by Crippen LogP contribution is 2.17. The summed E-state index contributed by atoms with van der Waals surface area (Å²) in [7, 11) is 0. The smallest absolute Gasteiger partial charge is 0.422 e. The van der Waals surface area contributed by atoms with E-state index in [1.165, 1.54) is 18.2 Å². The molecule has 1 amide bonds. The lowest BCUT2D eigenvalue weighted by molar-refractivity contribution is -0.154. The number of alkyl halides is 3. The molecular weight excluding hydrogens is 305 g/mol. The van der Waals surface area contributed by atoms with Crippen LogP contribution in [0.3, 0.4) is 0 Å². The third-order valence-corrected chi connectivity index (χ3v) is 2.56. The SMILES string of the molecule is CC(C)C(NC(=O)c1cccc(OCC(F)(F)F)n1)C(=O)O. The topological polar surface area (TPSA) is 88.5 Å². The highest BCUT2D eigenvalue weighted by atomic mass is 19.4. The summed E-state index contributed by atoms with van der Waals surface area (Å²) >= 11 is 0. The van der Waals surface area contributed by atoms with Gasteiger partial charge in [0.2, 0.25) is 5.88 Å². The quantitative estimate of drug-likeness (QED) is 0.835. The van der Waals surface area contributed by atoms with Gasteiger partial charge in [0.25, 0.3) is 5.91 Å². The van der Waals surface area contributed by atoms with Crippen LogP contribution in [0.1, 0.15) is 24.3 Å². The van der Waals surface area contributed by atoms with Crippen molar-refractivity contribution in [2.24, 2.45) is 5.92 Å². The number of hydrogen-bond acceptors (Lipinski definition) is 4. The Morgan fingerprint density at radius 3 is 2.50 bits per heavy atom. The number of hydrogen-bond donors (Lipinski definition) is 2. The number of nitrogens with one attached hydrogen (secondary N) is 1. The molecule has 0 aliphatic heterocycles. The highest BCUT2D eigenvalue weighted by molar-refractivity contribution is 5.95. The molecule has 0 aromatic carbocycles. The Hall–Kier alpha value is -2.32. The number of aliphatic carboxylic acids is 1. The number of carbonyl (C=O) groups excluding carboxylic acids is 1. The summed E-state index contributed by atoms with van der Waals surface area (Å²) in [6.45, 7) is 1.68. The minimum Gasteiger partial charge on any atom is -0.480 e. The Bertz CT molecular complexity index is 546. The third kappa shape index (κ3) is 5.58. The van der Waals surface area contributed by atoms with E-state index >= 15 is 0 Å². The molecule has 122 valence electrons. The van der Waals surface area contributed by atoms with Crippen LogP contribution in [0.2, 0.25) is 0 Å². The Balaban J connectivity index is 2.80. The number of aromatic nitrogens is 1. The molecule has 0 aliphatic carbocycles. The van der Waals surface area contributed by atoms with Crippen molar-refractivity contribution in [1.29, 1.82) is 0 Å². The Morgan fingerprint density at radius 2 is 2.00 bits per heavy atom. The highest BCUT2D eigenvalue weighted by Gasteiger charge is 2.29. The molecule has 0 radical (unpaired) electrons. The van der Waals surface area contributed by atoms with Crippen LogP contribution >= 0.6 is 0 Å². The number of carbonyl (C=O) groups is 2. The lowest BCUT2D eigenvalue weighted by atomic mass is 10.0. The number of nitrogens with zero attached hydrogens (tertiary/aromatic N) is 1. The van der Waals surface area contributed by atoms with Crippen molar-refractivity contribution in [3.05, 3.63) is 23.9 Å². The van der Waals surface area contributed by atoms with Gasteiger partial charge >= 0.3 is 12.1 Å². The molecule has 1 unspecified atom stereocenters. The molecule has 22 heavy (non-hydrogen) atoms. The molecule has 1 atom stereocenters. The Labute approximate surface area is 124 Å². The maximum Gasteiger partial charge on any atom is 0.422 e. The predicted molar refractivity (Wildman–Crippen MR) is 69.5 cm³/mol. The van der Waals surface area contributed by atoms with Gasteiger partial charge in [0, 0.05) is 6.07 Å². The standard InChI is InChI=1S/C13H15F3N2O4/c1-7(2)10(12(20)21)18-11(19)8-4-3-5-9(17-8)22-6-13(14,15)16/h3-5,7,10H,6H2,1-2H3,(H,18,19)(H,20,21). The molecular formula is C13H15F3N2O4. The lowest BCUT2D eigenvalue weighted by Crippen LogP contribution is -2.44. The maximum absolute atomic E-state index is 12.1. The number of pyridine rings is 1. The molecule has 0 aliphatic rings. The number of rotatable bonds is 6. The molecule has 2 N–H and O–H groups in total.